The number of rotatable bonds is 3. The van der Waals surface area contributed by atoms with Crippen molar-refractivity contribution in [1.29, 1.82) is 0 Å². The molecule has 0 aromatic heterocycles. The van der Waals surface area contributed by atoms with Gasteiger partial charge in [0.1, 0.15) is 0 Å². The zero-order valence-electron chi connectivity index (χ0n) is 24.4. The van der Waals surface area contributed by atoms with E-state index < -0.39 is 8.07 Å². The minimum absolute atomic E-state index is 0.134. The van der Waals surface area contributed by atoms with Gasteiger partial charge in [-0.1, -0.05) is 134 Å². The van der Waals surface area contributed by atoms with Crippen molar-refractivity contribution < 1.29 is 0 Å². The van der Waals surface area contributed by atoms with Gasteiger partial charge in [0.15, 0.2) is 0 Å². The van der Waals surface area contributed by atoms with Crippen molar-refractivity contribution in [3.8, 4) is 11.1 Å². The minimum atomic E-state index is -1.33. The molecule has 3 aliphatic rings. The first-order valence-electron chi connectivity index (χ1n) is 14.4. The predicted octanol–water partition coefficient (Wildman–Crippen LogP) is 10.0. The van der Waals surface area contributed by atoms with Crippen LogP contribution in [0, 0.1) is 5.92 Å². The van der Waals surface area contributed by atoms with Gasteiger partial charge in [-0.3, -0.25) is 0 Å². The van der Waals surface area contributed by atoms with Gasteiger partial charge in [-0.15, -0.1) is 0 Å². The average Bonchev–Trinajstić information content (AvgIpc) is 3.43. The van der Waals surface area contributed by atoms with Crippen LogP contribution in [0.25, 0.3) is 11.1 Å². The van der Waals surface area contributed by atoms with Gasteiger partial charge in [-0.05, 0) is 69.0 Å². The fraction of sp³-hybridized carbons (Fsp3) is 0.543. The molecule has 1 fully saturated rings. The van der Waals surface area contributed by atoms with Crippen LogP contribution in [0.1, 0.15) is 101 Å². The third kappa shape index (κ3) is 4.40. The lowest BCUT2D eigenvalue weighted by Crippen LogP contribution is -2.37. The summed E-state index contributed by atoms with van der Waals surface area (Å²) in [5.74, 6) is 0.535. The molecule has 0 heterocycles. The zero-order chi connectivity index (χ0) is 26.1. The van der Waals surface area contributed by atoms with E-state index in [4.69, 9.17) is 0 Å². The summed E-state index contributed by atoms with van der Waals surface area (Å²) in [6.45, 7) is 21.7. The van der Waals surface area contributed by atoms with Crippen LogP contribution in [0.3, 0.4) is 0 Å². The largest absolute Gasteiger partial charge is 0.0775 e. The normalized spacial score (nSPS) is 21.4. The van der Waals surface area contributed by atoms with Crippen LogP contribution in [0.2, 0.25) is 19.6 Å². The van der Waals surface area contributed by atoms with Crippen molar-refractivity contribution >= 4 is 8.07 Å². The highest BCUT2D eigenvalue weighted by Gasteiger charge is 2.44. The van der Waals surface area contributed by atoms with Gasteiger partial charge >= 0.3 is 0 Å². The molecule has 1 heteroatoms. The van der Waals surface area contributed by atoms with Crippen molar-refractivity contribution in [3.63, 3.8) is 0 Å². The van der Waals surface area contributed by atoms with E-state index in [2.05, 4.69) is 110 Å². The van der Waals surface area contributed by atoms with E-state index in [1.165, 1.54) is 59.9 Å². The molecule has 5 rings (SSSR count). The quantitative estimate of drug-likeness (QED) is 0.316. The molecule has 1 atom stereocenters. The molecule has 2 aromatic rings. The third-order valence-electron chi connectivity index (χ3n) is 9.38. The van der Waals surface area contributed by atoms with Crippen LogP contribution >= 0.6 is 0 Å². The second kappa shape index (κ2) is 8.59. The number of hydrogen-bond acceptors (Lipinski definition) is 0. The molecular weight excluding hydrogens is 448 g/mol. The summed E-state index contributed by atoms with van der Waals surface area (Å²) in [4.78, 5) is 0. The standard InChI is InChI=1S/C35H48Si/c1-33(2,3)25-14-13-24-19-31-30(29(24)21-25)22-27(34(4,5)6)23-32(31)35(17-11-10-12-18-35)26-15-16-28(20-26)36(7,8)9/h13-16,20-23,26H,10-12,17-19H2,1-9H3. The topological polar surface area (TPSA) is 0 Å². The maximum Gasteiger partial charge on any atom is 0.0771 e. The first-order valence-corrected chi connectivity index (χ1v) is 17.9. The Morgan fingerprint density at radius 1 is 0.778 bits per heavy atom. The highest BCUT2D eigenvalue weighted by Crippen LogP contribution is 2.54. The van der Waals surface area contributed by atoms with Crippen LogP contribution in [-0.4, -0.2) is 8.07 Å². The van der Waals surface area contributed by atoms with Crippen LogP contribution in [-0.2, 0) is 22.7 Å². The van der Waals surface area contributed by atoms with E-state index in [1.807, 2.05) is 0 Å². The molecule has 0 nitrogen and oxygen atoms in total. The van der Waals surface area contributed by atoms with E-state index >= 15 is 0 Å². The van der Waals surface area contributed by atoms with E-state index in [9.17, 15) is 0 Å². The smallest absolute Gasteiger partial charge is 0.0771 e. The number of hydrogen-bond donors (Lipinski definition) is 0. The van der Waals surface area contributed by atoms with Crippen LogP contribution < -0.4 is 0 Å². The summed E-state index contributed by atoms with van der Waals surface area (Å²) in [5, 5.41) is 1.65. The Labute approximate surface area is 222 Å². The Hall–Kier alpha value is -1.86. The lowest BCUT2D eigenvalue weighted by Gasteiger charge is -2.44. The van der Waals surface area contributed by atoms with Crippen LogP contribution in [0.4, 0.5) is 0 Å². The molecule has 0 spiro atoms. The summed E-state index contributed by atoms with van der Waals surface area (Å²) in [5.41, 5.74) is 11.4. The number of fused-ring (bicyclic) bond motifs is 3. The number of allylic oxidation sites excluding steroid dienone is 4. The third-order valence-corrected chi connectivity index (χ3v) is 11.4. The van der Waals surface area contributed by atoms with Crippen LogP contribution in [0.5, 0.6) is 0 Å². The van der Waals surface area contributed by atoms with Gasteiger partial charge in [0, 0.05) is 11.3 Å². The Kier molecular flexibility index (Phi) is 6.15. The Morgan fingerprint density at radius 2 is 1.42 bits per heavy atom. The van der Waals surface area contributed by atoms with Gasteiger partial charge in [0.05, 0.1) is 8.07 Å². The second-order valence-electron chi connectivity index (χ2n) is 15.1. The Bertz CT molecular complexity index is 1230. The van der Waals surface area contributed by atoms with E-state index in [-0.39, 0.29) is 16.2 Å². The van der Waals surface area contributed by atoms with Gasteiger partial charge < -0.3 is 0 Å². The highest BCUT2D eigenvalue weighted by atomic mass is 28.3. The lowest BCUT2D eigenvalue weighted by atomic mass is 9.60. The molecule has 1 unspecified atom stereocenters. The SMILES string of the molecule is CC(C)(C)c1ccc2c(c1)-c1cc(C(C)(C)C)cc(C3(C4C=CC([Si](C)(C)C)=C4)CCCCC3)c1C2. The molecule has 0 N–H and O–H groups in total. The monoisotopic (exact) mass is 496 g/mol. The minimum Gasteiger partial charge on any atom is -0.0775 e. The van der Waals surface area contributed by atoms with Crippen molar-refractivity contribution in [2.24, 2.45) is 5.92 Å². The summed E-state index contributed by atoms with van der Waals surface area (Å²) in [7, 11) is -1.33. The van der Waals surface area contributed by atoms with Crippen molar-refractivity contribution in [2.75, 3.05) is 0 Å². The maximum absolute atomic E-state index is 2.70. The van der Waals surface area contributed by atoms with E-state index in [1.54, 1.807) is 16.3 Å². The van der Waals surface area contributed by atoms with Gasteiger partial charge in [0.2, 0.25) is 0 Å². The Morgan fingerprint density at radius 3 is 2.00 bits per heavy atom. The molecule has 1 saturated carbocycles. The molecule has 0 radical (unpaired) electrons. The molecule has 192 valence electrons. The zero-order valence-corrected chi connectivity index (χ0v) is 25.4. The summed E-state index contributed by atoms with van der Waals surface area (Å²) < 4.78 is 0. The number of benzene rings is 2. The van der Waals surface area contributed by atoms with Crippen molar-refractivity contribution in [2.45, 2.75) is 116 Å². The first-order chi connectivity index (χ1) is 16.7. The van der Waals surface area contributed by atoms with Crippen molar-refractivity contribution in [1.82, 2.24) is 0 Å². The average molecular weight is 497 g/mol. The molecule has 2 aromatic carbocycles. The molecule has 0 bridgehead atoms. The van der Waals surface area contributed by atoms with E-state index in [0.717, 1.165) is 6.42 Å². The summed E-state index contributed by atoms with van der Waals surface area (Å²) in [6, 6.07) is 12.6. The molecule has 0 amide bonds. The fourth-order valence-electron chi connectivity index (χ4n) is 6.94. The molecule has 3 aliphatic carbocycles. The molecule has 36 heavy (non-hydrogen) atoms. The second-order valence-corrected chi connectivity index (χ2v) is 20.1. The first kappa shape index (κ1) is 25.8. The maximum atomic E-state index is 2.70. The highest BCUT2D eigenvalue weighted by molar-refractivity contribution is 6.83. The molecular formula is C35H48Si. The summed E-state index contributed by atoms with van der Waals surface area (Å²) in [6.07, 6.45) is 15.6. The summed E-state index contributed by atoms with van der Waals surface area (Å²) >= 11 is 0. The van der Waals surface area contributed by atoms with Gasteiger partial charge in [-0.2, -0.15) is 0 Å². The lowest BCUT2D eigenvalue weighted by molar-refractivity contribution is 0.252. The predicted molar refractivity (Wildman–Crippen MR) is 161 cm³/mol. The Balaban J connectivity index is 1.74. The van der Waals surface area contributed by atoms with Gasteiger partial charge in [-0.25, -0.2) is 0 Å². The van der Waals surface area contributed by atoms with Crippen molar-refractivity contribution in [3.05, 3.63) is 81.6 Å². The van der Waals surface area contributed by atoms with Gasteiger partial charge in [0.25, 0.3) is 0 Å². The van der Waals surface area contributed by atoms with E-state index in [0.29, 0.717) is 5.92 Å². The fourth-order valence-corrected chi connectivity index (χ4v) is 8.21. The van der Waals surface area contributed by atoms with Crippen LogP contribution in [0.15, 0.2) is 53.8 Å². The molecule has 0 aliphatic heterocycles. The molecule has 0 saturated heterocycles.